The van der Waals surface area contributed by atoms with E-state index in [-0.39, 0.29) is 4.90 Å². The third kappa shape index (κ3) is 4.39. The topological polar surface area (TPSA) is 94.5 Å². The van der Waals surface area contributed by atoms with Gasteiger partial charge < -0.3 is 20.3 Å². The van der Waals surface area contributed by atoms with E-state index in [4.69, 9.17) is 4.55 Å². The van der Waals surface area contributed by atoms with Crippen LogP contribution in [0.1, 0.15) is 32.6 Å². The summed E-state index contributed by atoms with van der Waals surface area (Å²) in [6, 6.07) is 1.62. The van der Waals surface area contributed by atoms with Gasteiger partial charge in [-0.3, -0.25) is 0 Å². The summed E-state index contributed by atoms with van der Waals surface area (Å²) >= 11 is -2.02. The van der Waals surface area contributed by atoms with Crippen LogP contribution >= 0.6 is 0 Å². The Hall–Kier alpha value is -1.18. The molecule has 4 N–H and O–H groups in total. The van der Waals surface area contributed by atoms with Crippen molar-refractivity contribution < 1.29 is 13.9 Å². The van der Waals surface area contributed by atoms with Crippen molar-refractivity contribution in [3.05, 3.63) is 12.3 Å². The van der Waals surface area contributed by atoms with Gasteiger partial charge in [0.15, 0.2) is 11.1 Å². The van der Waals surface area contributed by atoms with Crippen LogP contribution in [0.25, 0.3) is 0 Å². The van der Waals surface area contributed by atoms with Crippen LogP contribution in [-0.4, -0.2) is 38.0 Å². The molecule has 21 heavy (non-hydrogen) atoms. The molecule has 1 unspecified atom stereocenters. The number of hydrogen-bond acceptors (Lipinski definition) is 5. The summed E-state index contributed by atoms with van der Waals surface area (Å²) < 4.78 is 20.1. The van der Waals surface area contributed by atoms with Crippen molar-refractivity contribution >= 4 is 22.6 Å². The second kappa shape index (κ2) is 6.72. The number of aromatic nitrogens is 1. The molecule has 0 saturated heterocycles. The van der Waals surface area contributed by atoms with Gasteiger partial charge >= 0.3 is 0 Å². The number of pyridine rings is 1. The van der Waals surface area contributed by atoms with Crippen molar-refractivity contribution in [3.8, 4) is 0 Å². The van der Waals surface area contributed by atoms with Crippen molar-refractivity contribution in [2.24, 2.45) is 5.92 Å². The minimum atomic E-state index is -2.02. The molecule has 0 amide bonds. The Bertz CT molecular complexity index is 512. The second-order valence-electron chi connectivity index (χ2n) is 5.89. The Labute approximate surface area is 127 Å². The number of rotatable bonds is 5. The van der Waals surface area contributed by atoms with Gasteiger partial charge in [0.1, 0.15) is 5.82 Å². The van der Waals surface area contributed by atoms with Gasteiger partial charge in [0, 0.05) is 19.8 Å². The minimum Gasteiger partial charge on any atom is -0.390 e. The predicted octanol–water partition coefficient (Wildman–Crippen LogP) is 2.06. The molecular formula is C14H23N3O3S. The third-order valence-corrected chi connectivity index (χ3v) is 4.70. The van der Waals surface area contributed by atoms with Crippen molar-refractivity contribution in [1.29, 1.82) is 0 Å². The molecular weight excluding hydrogens is 290 g/mol. The van der Waals surface area contributed by atoms with E-state index in [0.717, 1.165) is 32.2 Å². The second-order valence-corrected chi connectivity index (χ2v) is 6.86. The normalized spacial score (nSPS) is 27.1. The lowest BCUT2D eigenvalue weighted by Crippen LogP contribution is -2.32. The number of nitrogens with one attached hydrogen (secondary N) is 2. The van der Waals surface area contributed by atoms with Crippen LogP contribution in [0.5, 0.6) is 0 Å². The summed E-state index contributed by atoms with van der Waals surface area (Å²) in [5.74, 6) is 1.20. The molecule has 1 fully saturated rings. The fourth-order valence-electron chi connectivity index (χ4n) is 2.62. The van der Waals surface area contributed by atoms with Gasteiger partial charge in [-0.15, -0.1) is 0 Å². The monoisotopic (exact) mass is 313 g/mol. The van der Waals surface area contributed by atoms with E-state index >= 15 is 0 Å². The third-order valence-electron chi connectivity index (χ3n) is 4.07. The molecule has 0 aliphatic heterocycles. The first kappa shape index (κ1) is 16.2. The lowest BCUT2D eigenvalue weighted by atomic mass is 9.80. The Morgan fingerprint density at radius 3 is 2.71 bits per heavy atom. The molecule has 0 spiro atoms. The van der Waals surface area contributed by atoms with Crippen LogP contribution in [-0.2, 0) is 11.1 Å². The lowest BCUT2D eigenvalue weighted by Gasteiger charge is -2.33. The average molecular weight is 313 g/mol. The van der Waals surface area contributed by atoms with E-state index in [1.54, 1.807) is 13.1 Å². The standard InChI is InChI=1S/C14H23N3O3S/c1-14(18)5-3-10(4-6-14)8-16-13-12(15-2)7-11(9-17-13)21(19)20/h7,9-10,15,18H,3-6,8H2,1-2H3,(H,16,17)(H,19,20). The van der Waals surface area contributed by atoms with E-state index in [1.807, 2.05) is 6.92 Å². The highest BCUT2D eigenvalue weighted by molar-refractivity contribution is 7.79. The molecule has 1 atom stereocenters. The number of nitrogens with zero attached hydrogens (tertiary/aromatic N) is 1. The van der Waals surface area contributed by atoms with Crippen molar-refractivity contribution in [2.45, 2.75) is 43.1 Å². The lowest BCUT2D eigenvalue weighted by molar-refractivity contribution is 0.00976. The maximum Gasteiger partial charge on any atom is 0.188 e. The Kier molecular flexibility index (Phi) is 5.18. The first-order valence-electron chi connectivity index (χ1n) is 7.16. The van der Waals surface area contributed by atoms with Crippen molar-refractivity contribution in [2.75, 3.05) is 24.2 Å². The minimum absolute atomic E-state index is 0.276. The maximum atomic E-state index is 11.0. The van der Waals surface area contributed by atoms with Gasteiger partial charge in [-0.25, -0.2) is 9.19 Å². The quantitative estimate of drug-likeness (QED) is 0.622. The fraction of sp³-hybridized carbons (Fsp3) is 0.643. The molecule has 1 aliphatic carbocycles. The summed E-state index contributed by atoms with van der Waals surface area (Å²) in [5.41, 5.74) is 0.190. The van der Waals surface area contributed by atoms with Crippen LogP contribution in [0, 0.1) is 5.92 Å². The molecule has 1 aliphatic rings. The fourth-order valence-corrected chi connectivity index (χ4v) is 2.98. The number of aliphatic hydroxyl groups is 1. The van der Waals surface area contributed by atoms with E-state index in [1.165, 1.54) is 6.20 Å². The van der Waals surface area contributed by atoms with E-state index in [9.17, 15) is 9.32 Å². The largest absolute Gasteiger partial charge is 0.390 e. The maximum absolute atomic E-state index is 11.0. The number of hydrogen-bond donors (Lipinski definition) is 4. The Balaban J connectivity index is 1.95. The molecule has 1 aromatic rings. The van der Waals surface area contributed by atoms with E-state index in [2.05, 4.69) is 15.6 Å². The van der Waals surface area contributed by atoms with E-state index in [0.29, 0.717) is 17.4 Å². The van der Waals surface area contributed by atoms with E-state index < -0.39 is 16.7 Å². The first-order valence-corrected chi connectivity index (χ1v) is 8.27. The summed E-state index contributed by atoms with van der Waals surface area (Å²) in [4.78, 5) is 4.48. The summed E-state index contributed by atoms with van der Waals surface area (Å²) in [7, 11) is 1.75. The highest BCUT2D eigenvalue weighted by Crippen LogP contribution is 2.32. The first-order chi connectivity index (χ1) is 9.91. The summed E-state index contributed by atoms with van der Waals surface area (Å²) in [6.45, 7) is 2.68. The van der Waals surface area contributed by atoms with Gasteiger partial charge in [-0.05, 0) is 44.6 Å². The molecule has 6 nitrogen and oxygen atoms in total. The smallest absolute Gasteiger partial charge is 0.188 e. The summed E-state index contributed by atoms with van der Waals surface area (Å²) in [5, 5.41) is 16.2. The van der Waals surface area contributed by atoms with Crippen LogP contribution in [0.3, 0.4) is 0 Å². The number of anilines is 2. The van der Waals surface area contributed by atoms with Gasteiger partial charge in [0.25, 0.3) is 0 Å². The van der Waals surface area contributed by atoms with Crippen molar-refractivity contribution in [1.82, 2.24) is 4.98 Å². The molecule has 0 aromatic carbocycles. The molecule has 1 aromatic heterocycles. The average Bonchev–Trinajstić information content (AvgIpc) is 2.46. The Morgan fingerprint density at radius 1 is 1.48 bits per heavy atom. The Morgan fingerprint density at radius 2 is 2.14 bits per heavy atom. The molecule has 118 valence electrons. The molecule has 0 radical (unpaired) electrons. The van der Waals surface area contributed by atoms with Gasteiger partial charge in [-0.2, -0.15) is 0 Å². The molecule has 2 rings (SSSR count). The highest BCUT2D eigenvalue weighted by Gasteiger charge is 2.28. The molecule has 7 heteroatoms. The van der Waals surface area contributed by atoms with Gasteiger partial charge in [0.05, 0.1) is 16.2 Å². The zero-order valence-corrected chi connectivity index (χ0v) is 13.2. The van der Waals surface area contributed by atoms with Crippen LogP contribution in [0.15, 0.2) is 17.2 Å². The highest BCUT2D eigenvalue weighted by atomic mass is 32.2. The van der Waals surface area contributed by atoms with Crippen LogP contribution < -0.4 is 10.6 Å². The van der Waals surface area contributed by atoms with Gasteiger partial charge in [0.2, 0.25) is 0 Å². The molecule has 1 saturated carbocycles. The molecule has 1 heterocycles. The van der Waals surface area contributed by atoms with Crippen molar-refractivity contribution in [3.63, 3.8) is 0 Å². The SMILES string of the molecule is CNc1cc(S(=O)O)cnc1NCC1CCC(C)(O)CC1. The van der Waals surface area contributed by atoms with Crippen LogP contribution in [0.4, 0.5) is 11.5 Å². The molecule has 0 bridgehead atoms. The van der Waals surface area contributed by atoms with Crippen LogP contribution in [0.2, 0.25) is 0 Å². The zero-order chi connectivity index (χ0) is 15.5. The van der Waals surface area contributed by atoms with Gasteiger partial charge in [-0.1, -0.05) is 0 Å². The zero-order valence-electron chi connectivity index (χ0n) is 12.4. The summed E-state index contributed by atoms with van der Waals surface area (Å²) in [6.07, 6.45) is 5.05. The predicted molar refractivity (Wildman–Crippen MR) is 83.9 cm³/mol.